The third-order valence-electron chi connectivity index (χ3n) is 1.48. The maximum atomic E-state index is 10.5. The first-order valence-electron chi connectivity index (χ1n) is 3.92. The second kappa shape index (κ2) is 6.67. The predicted octanol–water partition coefficient (Wildman–Crippen LogP) is 0.925. The summed E-state index contributed by atoms with van der Waals surface area (Å²) in [5.41, 5.74) is 0. The van der Waals surface area contributed by atoms with E-state index in [-0.39, 0.29) is 13.2 Å². The number of amides is 1. The normalized spacial score (nSPS) is 9.42. The Morgan fingerprint density at radius 3 is 2.58 bits per heavy atom. The Morgan fingerprint density at radius 2 is 2.17 bits per heavy atom. The minimum atomic E-state index is -0.979. The van der Waals surface area contributed by atoms with Crippen LogP contribution in [0.4, 0.5) is 4.79 Å². The molecule has 0 bridgehead atoms. The van der Waals surface area contributed by atoms with Gasteiger partial charge in [-0.05, 0) is 12.8 Å². The first-order valence-corrected chi connectivity index (χ1v) is 3.92. The van der Waals surface area contributed by atoms with Gasteiger partial charge in [0.25, 0.3) is 0 Å². The van der Waals surface area contributed by atoms with Gasteiger partial charge >= 0.3 is 6.09 Å². The second-order valence-electron chi connectivity index (χ2n) is 2.42. The van der Waals surface area contributed by atoms with Crippen molar-refractivity contribution in [1.82, 2.24) is 4.90 Å². The molecule has 4 heteroatoms. The van der Waals surface area contributed by atoms with Crippen molar-refractivity contribution >= 4 is 6.09 Å². The number of aliphatic hydroxyl groups excluding tert-OH is 1. The largest absolute Gasteiger partial charge is 0.465 e. The Labute approximate surface area is 72.1 Å². The molecule has 0 saturated heterocycles. The fraction of sp³-hybridized carbons (Fsp3) is 0.625. The summed E-state index contributed by atoms with van der Waals surface area (Å²) >= 11 is 0. The van der Waals surface area contributed by atoms with Gasteiger partial charge in [0.05, 0.1) is 6.61 Å². The molecular weight excluding hydrogens is 158 g/mol. The minimum absolute atomic E-state index is 0.125. The molecule has 0 aliphatic rings. The smallest absolute Gasteiger partial charge is 0.407 e. The molecule has 70 valence electrons. The zero-order valence-electron chi connectivity index (χ0n) is 7.07. The van der Waals surface area contributed by atoms with Crippen molar-refractivity contribution in [3.63, 3.8) is 0 Å². The van der Waals surface area contributed by atoms with Crippen LogP contribution in [0.25, 0.3) is 0 Å². The Hall–Kier alpha value is -1.03. The van der Waals surface area contributed by atoms with Crippen molar-refractivity contribution in [1.29, 1.82) is 0 Å². The Bertz CT molecular complexity index is 147. The molecule has 0 spiro atoms. The van der Waals surface area contributed by atoms with E-state index in [1.807, 2.05) is 0 Å². The first-order chi connectivity index (χ1) is 5.72. The number of unbranched alkanes of at least 4 members (excludes halogenated alkanes) is 1. The molecule has 0 fully saturated rings. The molecule has 0 rings (SSSR count). The maximum Gasteiger partial charge on any atom is 0.407 e. The zero-order chi connectivity index (χ0) is 9.40. The van der Waals surface area contributed by atoms with Crippen LogP contribution in [-0.2, 0) is 0 Å². The van der Waals surface area contributed by atoms with Crippen LogP contribution >= 0.6 is 0 Å². The lowest BCUT2D eigenvalue weighted by atomic mass is 10.3. The minimum Gasteiger partial charge on any atom is -0.465 e. The highest BCUT2D eigenvalue weighted by molar-refractivity contribution is 5.64. The quantitative estimate of drug-likeness (QED) is 0.464. The van der Waals surface area contributed by atoms with Gasteiger partial charge in [0.1, 0.15) is 0 Å². The summed E-state index contributed by atoms with van der Waals surface area (Å²) in [7, 11) is 0. The van der Waals surface area contributed by atoms with E-state index in [2.05, 4.69) is 6.58 Å². The van der Waals surface area contributed by atoms with Gasteiger partial charge in [0.2, 0.25) is 0 Å². The lowest BCUT2D eigenvalue weighted by molar-refractivity contribution is 0.131. The van der Waals surface area contributed by atoms with E-state index in [1.165, 1.54) is 4.90 Å². The average molecular weight is 173 g/mol. The number of carbonyl (C=O) groups is 1. The maximum absolute atomic E-state index is 10.5. The van der Waals surface area contributed by atoms with Crippen LogP contribution in [0.2, 0.25) is 0 Å². The van der Waals surface area contributed by atoms with Crippen molar-refractivity contribution < 1.29 is 15.0 Å². The molecule has 0 radical (unpaired) electrons. The molecule has 0 heterocycles. The third kappa shape index (κ3) is 4.73. The fourth-order valence-electron chi connectivity index (χ4n) is 0.850. The summed E-state index contributed by atoms with van der Waals surface area (Å²) in [6.07, 6.45) is 2.33. The van der Waals surface area contributed by atoms with Crippen molar-refractivity contribution in [3.05, 3.63) is 12.7 Å². The van der Waals surface area contributed by atoms with E-state index in [1.54, 1.807) is 6.08 Å². The van der Waals surface area contributed by atoms with Crippen LogP contribution in [-0.4, -0.2) is 40.9 Å². The molecule has 0 aliphatic carbocycles. The van der Waals surface area contributed by atoms with E-state index < -0.39 is 6.09 Å². The van der Waals surface area contributed by atoms with E-state index in [0.29, 0.717) is 6.54 Å². The second-order valence-corrected chi connectivity index (χ2v) is 2.42. The summed E-state index contributed by atoms with van der Waals surface area (Å²) in [6.45, 7) is 4.06. The van der Waals surface area contributed by atoms with E-state index >= 15 is 0 Å². The third-order valence-corrected chi connectivity index (χ3v) is 1.48. The van der Waals surface area contributed by atoms with Crippen LogP contribution in [0.3, 0.4) is 0 Å². The molecular formula is C8H15NO3. The van der Waals surface area contributed by atoms with Crippen molar-refractivity contribution in [2.24, 2.45) is 0 Å². The molecule has 4 nitrogen and oxygen atoms in total. The number of aliphatic hydroxyl groups is 1. The van der Waals surface area contributed by atoms with Crippen molar-refractivity contribution in [2.75, 3.05) is 19.7 Å². The van der Waals surface area contributed by atoms with Gasteiger partial charge in [0.15, 0.2) is 0 Å². The monoisotopic (exact) mass is 173 g/mol. The number of nitrogens with zero attached hydrogens (tertiary/aromatic N) is 1. The van der Waals surface area contributed by atoms with E-state index in [4.69, 9.17) is 10.2 Å². The summed E-state index contributed by atoms with van der Waals surface area (Å²) < 4.78 is 0. The van der Waals surface area contributed by atoms with E-state index in [0.717, 1.165) is 12.8 Å². The van der Waals surface area contributed by atoms with Crippen LogP contribution in [0.15, 0.2) is 12.7 Å². The topological polar surface area (TPSA) is 60.8 Å². The Kier molecular flexibility index (Phi) is 6.09. The Morgan fingerprint density at radius 1 is 1.50 bits per heavy atom. The van der Waals surface area contributed by atoms with Crippen molar-refractivity contribution in [3.8, 4) is 0 Å². The summed E-state index contributed by atoms with van der Waals surface area (Å²) in [5, 5.41) is 17.1. The van der Waals surface area contributed by atoms with Gasteiger partial charge in [-0.2, -0.15) is 0 Å². The molecule has 0 saturated carbocycles. The van der Waals surface area contributed by atoms with Crippen LogP contribution in [0.5, 0.6) is 0 Å². The number of allylic oxidation sites excluding steroid dienone is 1. The standard InChI is InChI=1S/C8H15NO3/c1-2-3-4-5-9(6-7-10)8(11)12/h2,10H,1,3-7H2,(H,11,12). The molecule has 0 aromatic rings. The lowest BCUT2D eigenvalue weighted by Gasteiger charge is -2.16. The van der Waals surface area contributed by atoms with Gasteiger partial charge in [-0.1, -0.05) is 6.08 Å². The van der Waals surface area contributed by atoms with E-state index in [9.17, 15) is 4.79 Å². The van der Waals surface area contributed by atoms with Gasteiger partial charge < -0.3 is 15.1 Å². The predicted molar refractivity (Wildman–Crippen MR) is 46.1 cm³/mol. The molecule has 1 amide bonds. The molecule has 0 atom stereocenters. The summed E-state index contributed by atoms with van der Waals surface area (Å²) in [5.74, 6) is 0. The highest BCUT2D eigenvalue weighted by Crippen LogP contribution is 1.95. The summed E-state index contributed by atoms with van der Waals surface area (Å²) in [4.78, 5) is 11.7. The van der Waals surface area contributed by atoms with Crippen LogP contribution < -0.4 is 0 Å². The van der Waals surface area contributed by atoms with Gasteiger partial charge in [-0.3, -0.25) is 0 Å². The SMILES string of the molecule is C=CCCCN(CCO)C(=O)O. The number of carboxylic acid groups (broad SMARTS) is 1. The summed E-state index contributed by atoms with van der Waals surface area (Å²) in [6, 6.07) is 0. The average Bonchev–Trinajstić information content (AvgIpc) is 2.03. The molecule has 12 heavy (non-hydrogen) atoms. The Balaban J connectivity index is 3.63. The number of rotatable bonds is 6. The van der Waals surface area contributed by atoms with Crippen LogP contribution in [0, 0.1) is 0 Å². The highest BCUT2D eigenvalue weighted by atomic mass is 16.4. The number of hydrogen-bond donors (Lipinski definition) is 2. The van der Waals surface area contributed by atoms with Gasteiger partial charge in [-0.15, -0.1) is 6.58 Å². The van der Waals surface area contributed by atoms with Crippen molar-refractivity contribution in [2.45, 2.75) is 12.8 Å². The van der Waals surface area contributed by atoms with Crippen LogP contribution in [0.1, 0.15) is 12.8 Å². The molecule has 0 aromatic heterocycles. The molecule has 0 aliphatic heterocycles. The molecule has 0 aromatic carbocycles. The van der Waals surface area contributed by atoms with Gasteiger partial charge in [-0.25, -0.2) is 4.79 Å². The first kappa shape index (κ1) is 11.0. The lowest BCUT2D eigenvalue weighted by Crippen LogP contribution is -2.32. The molecule has 0 unspecified atom stereocenters. The zero-order valence-corrected chi connectivity index (χ0v) is 7.07. The number of hydrogen-bond acceptors (Lipinski definition) is 2. The highest BCUT2D eigenvalue weighted by Gasteiger charge is 2.08. The molecule has 2 N–H and O–H groups in total. The fourth-order valence-corrected chi connectivity index (χ4v) is 0.850. The van der Waals surface area contributed by atoms with Gasteiger partial charge in [0, 0.05) is 13.1 Å².